The van der Waals surface area contributed by atoms with E-state index in [0.717, 1.165) is 6.07 Å². The Morgan fingerprint density at radius 2 is 1.88 bits per heavy atom. The van der Waals surface area contributed by atoms with Crippen LogP contribution in [0.5, 0.6) is 0 Å². The molecule has 118 valence electrons. The number of fused-ring (bicyclic) bond motifs is 1. The minimum Gasteiger partial charge on any atom is -0.360 e. The van der Waals surface area contributed by atoms with Gasteiger partial charge >= 0.3 is 0 Å². The molecule has 4 rings (SSSR count). The van der Waals surface area contributed by atoms with Crippen molar-refractivity contribution in [3.63, 3.8) is 0 Å². The van der Waals surface area contributed by atoms with Crippen LogP contribution in [-0.2, 0) is 0 Å². The van der Waals surface area contributed by atoms with Gasteiger partial charge in [0.05, 0.1) is 5.56 Å². The van der Waals surface area contributed by atoms with Crippen LogP contribution in [0, 0.1) is 11.6 Å². The van der Waals surface area contributed by atoms with Gasteiger partial charge in [0.25, 0.3) is 5.89 Å². The van der Waals surface area contributed by atoms with Crippen molar-refractivity contribution in [2.75, 3.05) is 0 Å². The molecule has 0 radical (unpaired) electrons. The van der Waals surface area contributed by atoms with Crippen molar-refractivity contribution in [2.24, 2.45) is 0 Å². The molecule has 0 unspecified atom stereocenters. The Hall–Kier alpha value is -3.35. The second-order valence-electron chi connectivity index (χ2n) is 5.12. The zero-order valence-electron chi connectivity index (χ0n) is 12.1. The molecule has 0 atom stereocenters. The van der Waals surface area contributed by atoms with Crippen molar-refractivity contribution in [2.45, 2.75) is 0 Å². The number of H-pyrrole nitrogens is 1. The molecule has 24 heavy (non-hydrogen) atoms. The highest BCUT2D eigenvalue weighted by molar-refractivity contribution is 5.82. The summed E-state index contributed by atoms with van der Waals surface area (Å²) in [5, 5.41) is 3.87. The van der Waals surface area contributed by atoms with Crippen LogP contribution < -0.4 is 5.43 Å². The van der Waals surface area contributed by atoms with E-state index in [9.17, 15) is 13.6 Å². The molecular formula is C17H9F2N3O2. The average Bonchev–Trinajstić information content (AvgIpc) is 3.06. The van der Waals surface area contributed by atoms with E-state index in [0.29, 0.717) is 5.52 Å². The molecule has 1 N–H and O–H groups in total. The predicted octanol–water partition coefficient (Wildman–Crippen LogP) is 3.52. The van der Waals surface area contributed by atoms with Crippen LogP contribution in [0.4, 0.5) is 8.78 Å². The third-order valence-corrected chi connectivity index (χ3v) is 3.61. The van der Waals surface area contributed by atoms with E-state index in [-0.39, 0.29) is 28.2 Å². The number of benzene rings is 2. The van der Waals surface area contributed by atoms with E-state index in [1.165, 1.54) is 30.5 Å². The number of halogens is 2. The summed E-state index contributed by atoms with van der Waals surface area (Å²) in [7, 11) is 0. The predicted molar refractivity (Wildman–Crippen MR) is 83.2 cm³/mol. The molecule has 4 aromatic rings. The van der Waals surface area contributed by atoms with Crippen molar-refractivity contribution in [3.05, 3.63) is 70.5 Å². The fourth-order valence-corrected chi connectivity index (χ4v) is 2.43. The SMILES string of the molecule is O=c1c(-c2nc(-c3ccccc3F)no2)c[nH]c2ccc(F)cc12. The molecule has 7 heteroatoms. The molecule has 5 nitrogen and oxygen atoms in total. The van der Waals surface area contributed by atoms with E-state index in [1.54, 1.807) is 12.1 Å². The van der Waals surface area contributed by atoms with E-state index in [1.807, 2.05) is 0 Å². The summed E-state index contributed by atoms with van der Waals surface area (Å²) in [5.74, 6) is -1.07. The van der Waals surface area contributed by atoms with E-state index >= 15 is 0 Å². The molecule has 0 aliphatic heterocycles. The molecule has 0 saturated carbocycles. The smallest absolute Gasteiger partial charge is 0.263 e. The summed E-state index contributed by atoms with van der Waals surface area (Å²) in [6.07, 6.45) is 1.40. The van der Waals surface area contributed by atoms with Gasteiger partial charge in [-0.2, -0.15) is 4.98 Å². The van der Waals surface area contributed by atoms with Crippen LogP contribution in [0.15, 0.2) is 58.0 Å². The first-order chi connectivity index (χ1) is 11.6. The fourth-order valence-electron chi connectivity index (χ4n) is 2.43. The van der Waals surface area contributed by atoms with Gasteiger partial charge in [0.2, 0.25) is 11.3 Å². The van der Waals surface area contributed by atoms with Crippen LogP contribution in [0.25, 0.3) is 33.7 Å². The van der Waals surface area contributed by atoms with Crippen LogP contribution in [0.3, 0.4) is 0 Å². The maximum Gasteiger partial charge on any atom is 0.263 e. The van der Waals surface area contributed by atoms with Crippen molar-refractivity contribution in [1.29, 1.82) is 0 Å². The Balaban J connectivity index is 1.86. The monoisotopic (exact) mass is 325 g/mol. The molecule has 0 amide bonds. The van der Waals surface area contributed by atoms with Crippen LogP contribution in [0.2, 0.25) is 0 Å². The first-order valence-corrected chi connectivity index (χ1v) is 7.03. The number of hydrogen-bond donors (Lipinski definition) is 1. The number of aromatic nitrogens is 3. The average molecular weight is 325 g/mol. The highest BCUT2D eigenvalue weighted by Crippen LogP contribution is 2.23. The lowest BCUT2D eigenvalue weighted by Gasteiger charge is -2.00. The molecule has 2 aromatic carbocycles. The third-order valence-electron chi connectivity index (χ3n) is 3.61. The molecule has 0 spiro atoms. The highest BCUT2D eigenvalue weighted by atomic mass is 19.1. The number of rotatable bonds is 2. The van der Waals surface area contributed by atoms with Gasteiger partial charge in [-0.3, -0.25) is 4.79 Å². The first kappa shape index (κ1) is 14.3. The van der Waals surface area contributed by atoms with Crippen LogP contribution in [-0.4, -0.2) is 15.1 Å². The lowest BCUT2D eigenvalue weighted by atomic mass is 10.1. The van der Waals surface area contributed by atoms with Gasteiger partial charge in [-0.15, -0.1) is 0 Å². The fraction of sp³-hybridized carbons (Fsp3) is 0. The Bertz CT molecular complexity index is 1120. The largest absolute Gasteiger partial charge is 0.360 e. The lowest BCUT2D eigenvalue weighted by Crippen LogP contribution is -2.06. The molecule has 2 heterocycles. The molecule has 2 aromatic heterocycles. The molecule has 0 bridgehead atoms. The van der Waals surface area contributed by atoms with Crippen molar-refractivity contribution < 1.29 is 13.3 Å². The summed E-state index contributed by atoms with van der Waals surface area (Å²) in [5.41, 5.74) is 0.282. The molecule has 0 aliphatic rings. The van der Waals surface area contributed by atoms with Crippen molar-refractivity contribution in [1.82, 2.24) is 15.1 Å². The lowest BCUT2D eigenvalue weighted by molar-refractivity contribution is 0.431. The number of pyridine rings is 1. The Labute approximate surface area is 133 Å². The second kappa shape index (κ2) is 5.38. The summed E-state index contributed by atoms with van der Waals surface area (Å²) >= 11 is 0. The van der Waals surface area contributed by atoms with Gasteiger partial charge in [0.15, 0.2) is 0 Å². The number of hydrogen-bond acceptors (Lipinski definition) is 4. The maximum absolute atomic E-state index is 13.8. The minimum atomic E-state index is -0.525. The molecular weight excluding hydrogens is 316 g/mol. The quantitative estimate of drug-likeness (QED) is 0.612. The molecule has 0 saturated heterocycles. The second-order valence-corrected chi connectivity index (χ2v) is 5.12. The Morgan fingerprint density at radius 1 is 1.04 bits per heavy atom. The van der Waals surface area contributed by atoms with Gasteiger partial charge < -0.3 is 9.51 Å². The zero-order valence-corrected chi connectivity index (χ0v) is 12.1. The van der Waals surface area contributed by atoms with Gasteiger partial charge in [-0.1, -0.05) is 17.3 Å². The Kier molecular flexibility index (Phi) is 3.19. The summed E-state index contributed by atoms with van der Waals surface area (Å²) < 4.78 is 32.2. The number of aromatic amines is 1. The Morgan fingerprint density at radius 3 is 2.71 bits per heavy atom. The van der Waals surface area contributed by atoms with Gasteiger partial charge in [0, 0.05) is 17.1 Å². The topological polar surface area (TPSA) is 71.8 Å². The van der Waals surface area contributed by atoms with Crippen LogP contribution in [0.1, 0.15) is 0 Å². The van der Waals surface area contributed by atoms with Crippen LogP contribution >= 0.6 is 0 Å². The summed E-state index contributed by atoms with van der Waals surface area (Å²) in [6, 6.07) is 9.81. The van der Waals surface area contributed by atoms with E-state index in [2.05, 4.69) is 15.1 Å². The van der Waals surface area contributed by atoms with Gasteiger partial charge in [-0.25, -0.2) is 8.78 Å². The van der Waals surface area contributed by atoms with Gasteiger partial charge in [-0.05, 0) is 30.3 Å². The molecule has 0 aliphatic carbocycles. The highest BCUT2D eigenvalue weighted by Gasteiger charge is 2.17. The number of nitrogens with zero attached hydrogens (tertiary/aromatic N) is 2. The third kappa shape index (κ3) is 2.26. The van der Waals surface area contributed by atoms with E-state index < -0.39 is 17.1 Å². The molecule has 0 fully saturated rings. The summed E-state index contributed by atoms with van der Waals surface area (Å²) in [6.45, 7) is 0. The minimum absolute atomic E-state index is 0.0295. The first-order valence-electron chi connectivity index (χ1n) is 7.03. The van der Waals surface area contributed by atoms with Crippen molar-refractivity contribution in [3.8, 4) is 22.8 Å². The standard InChI is InChI=1S/C17H9F2N3O2/c18-9-5-6-14-11(7-9)15(23)12(8-20-14)17-21-16(22-24-17)10-3-1-2-4-13(10)19/h1-8H,(H,20,23). The van der Waals surface area contributed by atoms with Crippen molar-refractivity contribution >= 4 is 10.9 Å². The van der Waals surface area contributed by atoms with Gasteiger partial charge in [0.1, 0.15) is 17.2 Å². The number of nitrogens with one attached hydrogen (secondary N) is 1. The normalized spacial score (nSPS) is 11.1. The maximum atomic E-state index is 13.8. The zero-order chi connectivity index (χ0) is 16.7. The summed E-state index contributed by atoms with van der Waals surface area (Å²) in [4.78, 5) is 19.5. The van der Waals surface area contributed by atoms with E-state index in [4.69, 9.17) is 4.52 Å².